The molecule has 7 heteroatoms. The van der Waals surface area contributed by atoms with Gasteiger partial charge in [0.2, 0.25) is 0 Å². The lowest BCUT2D eigenvalue weighted by Gasteiger charge is -2.23. The number of carbonyl (C=O) groups excluding carboxylic acids is 1. The number of benzene rings is 2. The van der Waals surface area contributed by atoms with E-state index in [4.69, 9.17) is 16.2 Å². The third-order valence-corrected chi connectivity index (χ3v) is 4.68. The van der Waals surface area contributed by atoms with Gasteiger partial charge in [0.25, 0.3) is 5.91 Å². The first-order chi connectivity index (χ1) is 12.9. The molecular weight excluding hydrogens is 344 g/mol. The quantitative estimate of drug-likeness (QED) is 0.410. The molecule has 1 aliphatic rings. The number of hydrogen-bond donors (Lipinski definition) is 5. The van der Waals surface area contributed by atoms with Crippen LogP contribution in [0.2, 0.25) is 0 Å². The number of amides is 1. The van der Waals surface area contributed by atoms with E-state index in [1.54, 1.807) is 30.3 Å². The van der Waals surface area contributed by atoms with Crippen molar-refractivity contribution in [1.82, 2.24) is 0 Å². The largest absolute Gasteiger partial charge is 0.481 e. The number of aliphatic carboxylic acids is 1. The summed E-state index contributed by atoms with van der Waals surface area (Å²) >= 11 is 0. The van der Waals surface area contributed by atoms with Crippen LogP contribution in [-0.2, 0) is 17.6 Å². The fraction of sp³-hybridized carbons (Fsp3) is 0.250. The van der Waals surface area contributed by atoms with Crippen molar-refractivity contribution in [1.29, 1.82) is 5.41 Å². The number of carbonyl (C=O) groups is 2. The average molecular weight is 366 g/mol. The maximum absolute atomic E-state index is 12.5. The zero-order chi connectivity index (χ0) is 19.4. The molecule has 1 atom stereocenters. The van der Waals surface area contributed by atoms with Crippen LogP contribution in [0.3, 0.4) is 0 Å². The summed E-state index contributed by atoms with van der Waals surface area (Å²) in [6.07, 6.45) is 2.57. The molecular formula is C20H22N4O3. The summed E-state index contributed by atoms with van der Waals surface area (Å²) in [5.41, 5.74) is 9.38. The van der Waals surface area contributed by atoms with Gasteiger partial charge in [-0.15, -0.1) is 0 Å². The van der Waals surface area contributed by atoms with Crippen molar-refractivity contribution >= 4 is 29.2 Å². The average Bonchev–Trinajstić information content (AvgIpc) is 2.61. The predicted octanol–water partition coefficient (Wildman–Crippen LogP) is 2.82. The SMILES string of the molecule is N=C(N)Nc1ccc(NC(=O)c2ccc3c(c2)CC(CC(=O)O)CC3)cc1. The topological polar surface area (TPSA) is 128 Å². The summed E-state index contributed by atoms with van der Waals surface area (Å²) < 4.78 is 0. The zero-order valence-electron chi connectivity index (χ0n) is 14.8. The molecule has 0 aromatic heterocycles. The minimum absolute atomic E-state index is 0.120. The fourth-order valence-electron chi connectivity index (χ4n) is 3.39. The van der Waals surface area contributed by atoms with Crippen molar-refractivity contribution in [2.75, 3.05) is 10.6 Å². The van der Waals surface area contributed by atoms with Crippen LogP contribution in [-0.4, -0.2) is 22.9 Å². The number of nitrogens with one attached hydrogen (secondary N) is 3. The summed E-state index contributed by atoms with van der Waals surface area (Å²) in [5.74, 6) is -1.03. The molecule has 0 saturated carbocycles. The van der Waals surface area contributed by atoms with Gasteiger partial charge < -0.3 is 21.5 Å². The summed E-state index contributed by atoms with van der Waals surface area (Å²) in [6, 6.07) is 12.5. The highest BCUT2D eigenvalue weighted by Gasteiger charge is 2.22. The van der Waals surface area contributed by atoms with Gasteiger partial charge in [0.15, 0.2) is 5.96 Å². The molecule has 27 heavy (non-hydrogen) atoms. The van der Waals surface area contributed by atoms with Gasteiger partial charge in [0, 0.05) is 23.4 Å². The number of rotatable bonds is 5. The number of nitrogens with two attached hydrogens (primary N) is 1. The Balaban J connectivity index is 1.68. The lowest BCUT2D eigenvalue weighted by atomic mass is 9.81. The van der Waals surface area contributed by atoms with Crippen molar-refractivity contribution in [2.45, 2.75) is 25.7 Å². The molecule has 0 aliphatic heterocycles. The van der Waals surface area contributed by atoms with Crippen LogP contribution in [0.15, 0.2) is 42.5 Å². The van der Waals surface area contributed by atoms with Gasteiger partial charge in [-0.2, -0.15) is 0 Å². The van der Waals surface area contributed by atoms with E-state index in [1.165, 1.54) is 5.56 Å². The van der Waals surface area contributed by atoms with E-state index >= 15 is 0 Å². The molecule has 1 aliphatic carbocycles. The molecule has 2 aromatic rings. The third kappa shape index (κ3) is 4.84. The highest BCUT2D eigenvalue weighted by molar-refractivity contribution is 6.04. The van der Waals surface area contributed by atoms with Gasteiger partial charge in [0.05, 0.1) is 0 Å². The van der Waals surface area contributed by atoms with E-state index in [1.807, 2.05) is 12.1 Å². The second-order valence-electron chi connectivity index (χ2n) is 6.76. The Hall–Kier alpha value is -3.35. The van der Waals surface area contributed by atoms with Gasteiger partial charge in [-0.05, 0) is 72.7 Å². The number of anilines is 2. The van der Waals surface area contributed by atoms with Gasteiger partial charge >= 0.3 is 5.97 Å². The smallest absolute Gasteiger partial charge is 0.303 e. The number of carboxylic acids is 1. The van der Waals surface area contributed by atoms with Crippen LogP contribution >= 0.6 is 0 Å². The first-order valence-corrected chi connectivity index (χ1v) is 8.77. The minimum Gasteiger partial charge on any atom is -0.481 e. The normalized spacial score (nSPS) is 15.5. The van der Waals surface area contributed by atoms with Crippen LogP contribution in [0, 0.1) is 11.3 Å². The number of hydrogen-bond acceptors (Lipinski definition) is 3. The first-order valence-electron chi connectivity index (χ1n) is 8.77. The molecule has 0 spiro atoms. The molecule has 0 saturated heterocycles. The maximum atomic E-state index is 12.5. The standard InChI is InChI=1S/C20H22N4O3/c21-20(22)24-17-7-5-16(6-8-17)23-19(27)14-4-3-13-2-1-12(10-18(25)26)9-15(13)11-14/h3-8,11-12H,1-2,9-10H2,(H,23,27)(H,25,26)(H4,21,22,24). The minimum atomic E-state index is -0.778. The second kappa shape index (κ2) is 7.90. The van der Waals surface area contributed by atoms with Crippen LogP contribution in [0.4, 0.5) is 11.4 Å². The van der Waals surface area contributed by atoms with E-state index in [-0.39, 0.29) is 24.2 Å². The molecule has 0 bridgehead atoms. The van der Waals surface area contributed by atoms with Crippen LogP contribution in [0.5, 0.6) is 0 Å². The molecule has 2 aromatic carbocycles. The first kappa shape index (κ1) is 18.4. The molecule has 3 rings (SSSR count). The molecule has 140 valence electrons. The second-order valence-corrected chi connectivity index (χ2v) is 6.76. The third-order valence-electron chi connectivity index (χ3n) is 4.68. The summed E-state index contributed by atoms with van der Waals surface area (Å²) in [6.45, 7) is 0. The van der Waals surface area contributed by atoms with E-state index in [9.17, 15) is 9.59 Å². The number of carboxylic acid groups (broad SMARTS) is 1. The van der Waals surface area contributed by atoms with Crippen molar-refractivity contribution < 1.29 is 14.7 Å². The van der Waals surface area contributed by atoms with Crippen molar-refractivity contribution in [3.05, 3.63) is 59.2 Å². The van der Waals surface area contributed by atoms with Gasteiger partial charge in [-0.25, -0.2) is 0 Å². The highest BCUT2D eigenvalue weighted by Crippen LogP contribution is 2.28. The van der Waals surface area contributed by atoms with E-state index in [0.717, 1.165) is 18.4 Å². The molecule has 0 heterocycles. The van der Waals surface area contributed by atoms with Crippen LogP contribution in [0.1, 0.15) is 34.3 Å². The maximum Gasteiger partial charge on any atom is 0.303 e. The molecule has 1 amide bonds. The lowest BCUT2D eigenvalue weighted by Crippen LogP contribution is -2.20. The Bertz CT molecular complexity index is 877. The van der Waals surface area contributed by atoms with Gasteiger partial charge in [-0.1, -0.05) is 6.07 Å². The van der Waals surface area contributed by atoms with E-state index < -0.39 is 5.97 Å². The summed E-state index contributed by atoms with van der Waals surface area (Å²) in [4.78, 5) is 23.5. The molecule has 6 N–H and O–H groups in total. The fourth-order valence-corrected chi connectivity index (χ4v) is 3.39. The number of fused-ring (bicyclic) bond motifs is 1. The molecule has 1 unspecified atom stereocenters. The summed E-state index contributed by atoms with van der Waals surface area (Å²) in [5, 5.41) is 21.7. The van der Waals surface area contributed by atoms with E-state index in [0.29, 0.717) is 23.4 Å². The zero-order valence-corrected chi connectivity index (χ0v) is 14.8. The lowest BCUT2D eigenvalue weighted by molar-refractivity contribution is -0.138. The van der Waals surface area contributed by atoms with E-state index in [2.05, 4.69) is 10.6 Å². The van der Waals surface area contributed by atoms with Crippen LogP contribution in [0.25, 0.3) is 0 Å². The molecule has 0 fully saturated rings. The monoisotopic (exact) mass is 366 g/mol. The Morgan fingerprint density at radius 3 is 2.37 bits per heavy atom. The molecule has 7 nitrogen and oxygen atoms in total. The van der Waals surface area contributed by atoms with Gasteiger partial charge in [0.1, 0.15) is 0 Å². The van der Waals surface area contributed by atoms with Crippen LogP contribution < -0.4 is 16.4 Å². The Morgan fingerprint density at radius 2 is 1.74 bits per heavy atom. The Labute approximate surface area is 157 Å². The number of aryl methyl sites for hydroxylation is 1. The predicted molar refractivity (Wildman–Crippen MR) is 104 cm³/mol. The Morgan fingerprint density at radius 1 is 1.07 bits per heavy atom. The van der Waals surface area contributed by atoms with Crippen molar-refractivity contribution in [3.63, 3.8) is 0 Å². The summed E-state index contributed by atoms with van der Waals surface area (Å²) in [7, 11) is 0. The number of guanidine groups is 1. The Kier molecular flexibility index (Phi) is 5.40. The van der Waals surface area contributed by atoms with Crippen molar-refractivity contribution in [2.24, 2.45) is 11.7 Å². The molecule has 0 radical (unpaired) electrons. The van der Waals surface area contributed by atoms with Crippen molar-refractivity contribution in [3.8, 4) is 0 Å². The van der Waals surface area contributed by atoms with Gasteiger partial charge in [-0.3, -0.25) is 15.0 Å². The highest BCUT2D eigenvalue weighted by atomic mass is 16.4.